The summed E-state index contributed by atoms with van der Waals surface area (Å²) >= 11 is 0. The van der Waals surface area contributed by atoms with Gasteiger partial charge in [0, 0.05) is 6.08 Å². The number of carbonyl (C=O) groups excluding carboxylic acids is 1. The number of halogens is 1. The molecule has 0 bridgehead atoms. The first kappa shape index (κ1) is 10.4. The van der Waals surface area contributed by atoms with Crippen LogP contribution in [0.2, 0.25) is 0 Å². The summed E-state index contributed by atoms with van der Waals surface area (Å²) in [7, 11) is 0. The molecule has 0 fully saturated rings. The molecule has 0 saturated carbocycles. The number of nitrogens with zero attached hydrogens (tertiary/aromatic N) is 1. The highest BCUT2D eigenvalue weighted by Crippen LogP contribution is 1.96. The summed E-state index contributed by atoms with van der Waals surface area (Å²) in [5, 5.41) is 9.24. The molecule has 0 aromatic carbocycles. The molecule has 1 amide bonds. The van der Waals surface area contributed by atoms with E-state index in [-0.39, 0.29) is 5.91 Å². The van der Waals surface area contributed by atoms with Crippen molar-refractivity contribution in [1.82, 2.24) is 15.5 Å². The van der Waals surface area contributed by atoms with Gasteiger partial charge in [0.25, 0.3) is 0 Å². The Morgan fingerprint density at radius 2 is 2.57 bits per heavy atom. The third-order valence-electron chi connectivity index (χ3n) is 1.57. The summed E-state index contributed by atoms with van der Waals surface area (Å²) in [6.45, 7) is 1.59. The molecule has 0 atom stereocenters. The second-order valence-corrected chi connectivity index (χ2v) is 2.81. The zero-order valence-electron chi connectivity index (χ0n) is 7.88. The highest BCUT2D eigenvalue weighted by atomic mass is 19.1. The minimum absolute atomic E-state index is 0.310. The maximum atomic E-state index is 11.6. The largest absolute Gasteiger partial charge is 0.347 e. The van der Waals surface area contributed by atoms with Crippen molar-refractivity contribution in [1.29, 1.82) is 0 Å². The maximum absolute atomic E-state index is 11.6. The van der Waals surface area contributed by atoms with Crippen molar-refractivity contribution in [2.45, 2.75) is 13.5 Å². The van der Waals surface area contributed by atoms with Crippen molar-refractivity contribution < 1.29 is 9.18 Å². The second-order valence-electron chi connectivity index (χ2n) is 2.81. The van der Waals surface area contributed by atoms with Crippen LogP contribution >= 0.6 is 0 Å². The van der Waals surface area contributed by atoms with Crippen LogP contribution in [0.5, 0.6) is 0 Å². The molecular formula is C9H12FN3O. The van der Waals surface area contributed by atoms with Crippen LogP contribution in [0.4, 0.5) is 4.39 Å². The number of aryl methyl sites for hydroxylation is 1. The minimum Gasteiger partial charge on any atom is -0.347 e. The molecule has 0 spiro atoms. The zero-order valence-corrected chi connectivity index (χ0v) is 7.88. The Balaban J connectivity index is 2.34. The van der Waals surface area contributed by atoms with Gasteiger partial charge in [-0.2, -0.15) is 5.10 Å². The molecule has 0 saturated heterocycles. The van der Waals surface area contributed by atoms with Crippen LogP contribution < -0.4 is 5.32 Å². The van der Waals surface area contributed by atoms with Crippen molar-refractivity contribution in [3.63, 3.8) is 0 Å². The fourth-order valence-corrected chi connectivity index (χ4v) is 0.960. The number of H-pyrrole nitrogens is 1. The maximum Gasteiger partial charge on any atom is 0.244 e. The van der Waals surface area contributed by atoms with E-state index >= 15 is 0 Å². The lowest BCUT2D eigenvalue weighted by atomic mass is 10.3. The van der Waals surface area contributed by atoms with Gasteiger partial charge in [0.05, 0.1) is 17.9 Å². The lowest BCUT2D eigenvalue weighted by Crippen LogP contribution is -2.20. The Hall–Kier alpha value is -1.65. The summed E-state index contributed by atoms with van der Waals surface area (Å²) in [4.78, 5) is 11.0. The first-order chi connectivity index (χ1) is 6.72. The number of rotatable bonds is 4. The number of aromatic nitrogens is 2. The van der Waals surface area contributed by atoms with Gasteiger partial charge in [0.15, 0.2) is 0 Å². The Labute approximate surface area is 81.2 Å². The van der Waals surface area contributed by atoms with Crippen molar-refractivity contribution in [3.8, 4) is 0 Å². The van der Waals surface area contributed by atoms with Crippen LogP contribution in [-0.2, 0) is 11.3 Å². The van der Waals surface area contributed by atoms with E-state index in [1.165, 1.54) is 6.08 Å². The second kappa shape index (κ2) is 5.16. The molecule has 0 unspecified atom stereocenters. The van der Waals surface area contributed by atoms with Gasteiger partial charge in [0.1, 0.15) is 6.67 Å². The molecule has 76 valence electrons. The minimum atomic E-state index is -0.628. The Morgan fingerprint density at radius 1 is 1.79 bits per heavy atom. The van der Waals surface area contributed by atoms with Crippen molar-refractivity contribution >= 4 is 5.91 Å². The van der Waals surface area contributed by atoms with E-state index in [0.717, 1.165) is 17.5 Å². The number of hydrogen-bond acceptors (Lipinski definition) is 2. The summed E-state index contributed by atoms with van der Waals surface area (Å²) < 4.78 is 11.6. The highest BCUT2D eigenvalue weighted by Gasteiger charge is 1.98. The normalized spacial score (nSPS) is 10.7. The van der Waals surface area contributed by atoms with E-state index in [1.807, 2.05) is 13.0 Å². The average Bonchev–Trinajstić information content (AvgIpc) is 2.58. The lowest BCUT2D eigenvalue weighted by molar-refractivity contribution is -0.116. The van der Waals surface area contributed by atoms with Crippen LogP contribution in [0.1, 0.15) is 11.4 Å². The lowest BCUT2D eigenvalue weighted by Gasteiger charge is -1.97. The molecule has 5 heteroatoms. The van der Waals surface area contributed by atoms with Crippen LogP contribution in [0, 0.1) is 6.92 Å². The van der Waals surface area contributed by atoms with Gasteiger partial charge in [-0.3, -0.25) is 9.89 Å². The summed E-state index contributed by atoms with van der Waals surface area (Å²) in [6.07, 6.45) is 2.33. The molecule has 0 aliphatic rings. The molecule has 2 N–H and O–H groups in total. The van der Waals surface area contributed by atoms with Gasteiger partial charge >= 0.3 is 0 Å². The third kappa shape index (κ3) is 3.38. The molecule has 1 heterocycles. The molecule has 1 aromatic heterocycles. The molecule has 4 nitrogen and oxygen atoms in total. The zero-order chi connectivity index (χ0) is 10.4. The number of nitrogens with one attached hydrogen (secondary N) is 2. The quantitative estimate of drug-likeness (QED) is 0.703. The monoisotopic (exact) mass is 197 g/mol. The van der Waals surface area contributed by atoms with Gasteiger partial charge in [0.2, 0.25) is 5.91 Å². The van der Waals surface area contributed by atoms with Gasteiger partial charge in [-0.15, -0.1) is 0 Å². The molecule has 0 radical (unpaired) electrons. The number of amides is 1. The van der Waals surface area contributed by atoms with Gasteiger partial charge in [-0.25, -0.2) is 4.39 Å². The van der Waals surface area contributed by atoms with E-state index in [0.29, 0.717) is 6.54 Å². The number of allylic oxidation sites excluding steroid dienone is 1. The Morgan fingerprint density at radius 3 is 3.14 bits per heavy atom. The van der Waals surface area contributed by atoms with E-state index in [9.17, 15) is 9.18 Å². The van der Waals surface area contributed by atoms with E-state index in [1.54, 1.807) is 0 Å². The van der Waals surface area contributed by atoms with Gasteiger partial charge in [-0.05, 0) is 19.1 Å². The number of alkyl halides is 1. The molecular weight excluding hydrogens is 185 g/mol. The molecule has 1 rings (SSSR count). The number of aromatic amines is 1. The molecule has 14 heavy (non-hydrogen) atoms. The topological polar surface area (TPSA) is 57.8 Å². The van der Waals surface area contributed by atoms with Gasteiger partial charge in [-0.1, -0.05) is 0 Å². The SMILES string of the molecule is Cc1cc(CNC(=O)/C=C/CF)[nH]n1. The number of carbonyl (C=O) groups is 1. The molecule has 0 aliphatic heterocycles. The van der Waals surface area contributed by atoms with E-state index in [4.69, 9.17) is 0 Å². The fraction of sp³-hybridized carbons (Fsp3) is 0.333. The van der Waals surface area contributed by atoms with E-state index < -0.39 is 6.67 Å². The molecule has 0 aliphatic carbocycles. The van der Waals surface area contributed by atoms with Crippen LogP contribution in [0.15, 0.2) is 18.2 Å². The summed E-state index contributed by atoms with van der Waals surface area (Å²) in [5.74, 6) is -0.310. The summed E-state index contributed by atoms with van der Waals surface area (Å²) in [5.41, 5.74) is 1.69. The average molecular weight is 197 g/mol. The Kier molecular flexibility index (Phi) is 3.84. The standard InChI is InChI=1S/C9H12FN3O/c1-7-5-8(13-12-7)6-11-9(14)3-2-4-10/h2-3,5H,4,6H2,1H3,(H,11,14)(H,12,13)/b3-2+. The predicted octanol–water partition coefficient (Wildman–Crippen LogP) is 0.860. The summed E-state index contributed by atoms with van der Waals surface area (Å²) in [6, 6.07) is 1.83. The third-order valence-corrected chi connectivity index (χ3v) is 1.57. The predicted molar refractivity (Wildman–Crippen MR) is 50.3 cm³/mol. The van der Waals surface area contributed by atoms with Crippen LogP contribution in [-0.4, -0.2) is 22.8 Å². The van der Waals surface area contributed by atoms with Crippen LogP contribution in [0.25, 0.3) is 0 Å². The first-order valence-corrected chi connectivity index (χ1v) is 4.23. The molecule has 1 aromatic rings. The van der Waals surface area contributed by atoms with Crippen LogP contribution in [0.3, 0.4) is 0 Å². The first-order valence-electron chi connectivity index (χ1n) is 4.23. The smallest absolute Gasteiger partial charge is 0.244 e. The Bertz CT molecular complexity index is 333. The van der Waals surface area contributed by atoms with Crippen molar-refractivity contribution in [2.24, 2.45) is 0 Å². The fourth-order valence-electron chi connectivity index (χ4n) is 0.960. The van der Waals surface area contributed by atoms with E-state index in [2.05, 4.69) is 15.5 Å². The van der Waals surface area contributed by atoms with Crippen molar-refractivity contribution in [3.05, 3.63) is 29.6 Å². The van der Waals surface area contributed by atoms with Crippen molar-refractivity contribution in [2.75, 3.05) is 6.67 Å². The van der Waals surface area contributed by atoms with Gasteiger partial charge < -0.3 is 5.32 Å². The number of hydrogen-bond donors (Lipinski definition) is 2. The highest BCUT2D eigenvalue weighted by molar-refractivity contribution is 5.87.